The molecule has 3 heterocycles. The first-order valence-corrected chi connectivity index (χ1v) is 8.17. The standard InChI is InChI=1S/C15H15ClN6O2/c16-9-6-10(20-11-7-18-19-8-17-11)14(24)22-12(9)13(23)21-15(22)4-2-1-3-5-15/h6-8H,1-5H2,(H,21,23)(H,17,19,20). The molecule has 4 rings (SSSR count). The van der Waals surface area contributed by atoms with Gasteiger partial charge in [0, 0.05) is 0 Å². The maximum absolute atomic E-state index is 13.0. The van der Waals surface area contributed by atoms with Crippen LogP contribution in [0, 0.1) is 0 Å². The Morgan fingerprint density at radius 2 is 2.00 bits per heavy atom. The largest absolute Gasteiger partial charge is 0.334 e. The van der Waals surface area contributed by atoms with Gasteiger partial charge in [-0.05, 0) is 31.7 Å². The number of rotatable bonds is 2. The summed E-state index contributed by atoms with van der Waals surface area (Å²) in [6.07, 6.45) is 7.14. The second-order valence-corrected chi connectivity index (χ2v) is 6.46. The van der Waals surface area contributed by atoms with Gasteiger partial charge in [0.05, 0.1) is 11.2 Å². The van der Waals surface area contributed by atoms with Gasteiger partial charge >= 0.3 is 0 Å². The molecule has 1 fully saturated rings. The van der Waals surface area contributed by atoms with Crippen LogP contribution in [0.2, 0.25) is 5.02 Å². The Balaban J connectivity index is 1.85. The maximum Gasteiger partial charge on any atom is 0.276 e. The number of pyridine rings is 1. The number of fused-ring (bicyclic) bond motifs is 2. The topological polar surface area (TPSA) is 102 Å². The highest BCUT2D eigenvalue weighted by Gasteiger charge is 2.45. The number of hydrogen-bond donors (Lipinski definition) is 2. The van der Waals surface area contributed by atoms with Crippen molar-refractivity contribution in [2.75, 3.05) is 5.32 Å². The number of nitrogens with zero attached hydrogens (tertiary/aromatic N) is 4. The van der Waals surface area contributed by atoms with Crippen molar-refractivity contribution in [1.82, 2.24) is 25.1 Å². The Labute approximate surface area is 142 Å². The van der Waals surface area contributed by atoms with Gasteiger partial charge in [-0.2, -0.15) is 5.10 Å². The van der Waals surface area contributed by atoms with Crippen molar-refractivity contribution in [2.24, 2.45) is 0 Å². The van der Waals surface area contributed by atoms with E-state index in [4.69, 9.17) is 11.6 Å². The lowest BCUT2D eigenvalue weighted by Gasteiger charge is -2.35. The van der Waals surface area contributed by atoms with E-state index in [1.54, 1.807) is 0 Å². The Hall–Kier alpha value is -2.48. The molecule has 1 saturated carbocycles. The van der Waals surface area contributed by atoms with E-state index in [-0.39, 0.29) is 27.9 Å². The number of hydrogen-bond acceptors (Lipinski definition) is 6. The first-order chi connectivity index (χ1) is 11.6. The minimum absolute atomic E-state index is 0.231. The molecular formula is C15H15ClN6O2. The van der Waals surface area contributed by atoms with Crippen molar-refractivity contribution in [3.63, 3.8) is 0 Å². The Morgan fingerprint density at radius 1 is 1.21 bits per heavy atom. The number of aromatic nitrogens is 4. The van der Waals surface area contributed by atoms with Crippen LogP contribution in [-0.2, 0) is 5.66 Å². The minimum atomic E-state index is -0.674. The molecule has 2 aromatic heterocycles. The second-order valence-electron chi connectivity index (χ2n) is 6.06. The highest BCUT2D eigenvalue weighted by atomic mass is 35.5. The fourth-order valence-electron chi connectivity index (χ4n) is 3.55. The fraction of sp³-hybridized carbons (Fsp3) is 0.400. The summed E-state index contributed by atoms with van der Waals surface area (Å²) in [5.41, 5.74) is -0.485. The summed E-state index contributed by atoms with van der Waals surface area (Å²) in [5, 5.41) is 13.4. The number of carbonyl (C=O) groups is 1. The van der Waals surface area contributed by atoms with Gasteiger partial charge in [-0.25, -0.2) is 4.98 Å². The van der Waals surface area contributed by atoms with Gasteiger partial charge in [-0.3, -0.25) is 14.2 Å². The molecule has 0 atom stereocenters. The summed E-state index contributed by atoms with van der Waals surface area (Å²) in [7, 11) is 0. The van der Waals surface area contributed by atoms with E-state index >= 15 is 0 Å². The van der Waals surface area contributed by atoms with E-state index in [0.717, 1.165) is 32.1 Å². The van der Waals surface area contributed by atoms with Gasteiger partial charge in [0.1, 0.15) is 23.4 Å². The van der Waals surface area contributed by atoms with Crippen LogP contribution in [0.4, 0.5) is 11.5 Å². The number of halogens is 1. The minimum Gasteiger partial charge on any atom is -0.334 e. The lowest BCUT2D eigenvalue weighted by atomic mass is 9.89. The quantitative estimate of drug-likeness (QED) is 0.859. The molecule has 2 N–H and O–H groups in total. The third-order valence-corrected chi connectivity index (χ3v) is 4.87. The Morgan fingerprint density at radius 3 is 2.71 bits per heavy atom. The Kier molecular flexibility index (Phi) is 3.49. The van der Waals surface area contributed by atoms with E-state index in [1.807, 2.05) is 0 Å². The lowest BCUT2D eigenvalue weighted by molar-refractivity contribution is 0.0877. The Bertz CT molecular complexity index is 860. The molecule has 2 aromatic rings. The molecule has 0 radical (unpaired) electrons. The third-order valence-electron chi connectivity index (χ3n) is 4.58. The second kappa shape index (κ2) is 5.55. The summed E-state index contributed by atoms with van der Waals surface area (Å²) < 4.78 is 1.52. The smallest absolute Gasteiger partial charge is 0.276 e. The lowest BCUT2D eigenvalue weighted by Crippen LogP contribution is -2.48. The normalized spacial score (nSPS) is 18.3. The van der Waals surface area contributed by atoms with Crippen LogP contribution in [0.1, 0.15) is 42.6 Å². The number of anilines is 2. The monoisotopic (exact) mass is 346 g/mol. The molecule has 124 valence electrons. The number of nitrogens with one attached hydrogen (secondary N) is 2. The van der Waals surface area contributed by atoms with Crippen LogP contribution in [-0.4, -0.2) is 25.7 Å². The van der Waals surface area contributed by atoms with Crippen molar-refractivity contribution in [1.29, 1.82) is 0 Å². The average molecular weight is 347 g/mol. The molecule has 0 bridgehead atoms. The van der Waals surface area contributed by atoms with Crippen molar-refractivity contribution >= 4 is 29.0 Å². The highest BCUT2D eigenvalue weighted by Crippen LogP contribution is 2.38. The molecule has 1 amide bonds. The maximum atomic E-state index is 13.0. The van der Waals surface area contributed by atoms with Gasteiger partial charge in [-0.15, -0.1) is 5.10 Å². The van der Waals surface area contributed by atoms with E-state index in [9.17, 15) is 9.59 Å². The van der Waals surface area contributed by atoms with Crippen molar-refractivity contribution in [3.05, 3.63) is 39.7 Å². The van der Waals surface area contributed by atoms with Gasteiger partial charge in [-0.1, -0.05) is 18.0 Å². The highest BCUT2D eigenvalue weighted by molar-refractivity contribution is 6.34. The third kappa shape index (κ3) is 2.25. The first-order valence-electron chi connectivity index (χ1n) is 7.79. The van der Waals surface area contributed by atoms with E-state index in [0.29, 0.717) is 5.82 Å². The zero-order chi connectivity index (χ0) is 16.7. The van der Waals surface area contributed by atoms with Crippen LogP contribution in [0.5, 0.6) is 0 Å². The summed E-state index contributed by atoms with van der Waals surface area (Å²) in [4.78, 5) is 29.4. The molecule has 0 saturated heterocycles. The SMILES string of the molecule is O=C1NC2(CCCCC2)n2c1c(Cl)cc(Nc1cnncn1)c2=O. The van der Waals surface area contributed by atoms with Crippen LogP contribution >= 0.6 is 11.6 Å². The van der Waals surface area contributed by atoms with Gasteiger partial charge in [0.2, 0.25) is 0 Å². The summed E-state index contributed by atoms with van der Waals surface area (Å²) in [6, 6.07) is 1.46. The van der Waals surface area contributed by atoms with Crippen molar-refractivity contribution in [3.8, 4) is 0 Å². The molecule has 1 aliphatic carbocycles. The molecule has 1 spiro atoms. The molecule has 24 heavy (non-hydrogen) atoms. The summed E-state index contributed by atoms with van der Waals surface area (Å²) in [5.74, 6) is 0.0861. The average Bonchev–Trinajstić information content (AvgIpc) is 2.86. The van der Waals surface area contributed by atoms with Gasteiger partial charge in [0.25, 0.3) is 11.5 Å². The van der Waals surface area contributed by atoms with Gasteiger partial charge < -0.3 is 10.6 Å². The summed E-state index contributed by atoms with van der Waals surface area (Å²) in [6.45, 7) is 0. The molecule has 0 aromatic carbocycles. The molecule has 8 nitrogen and oxygen atoms in total. The fourth-order valence-corrected chi connectivity index (χ4v) is 3.83. The molecule has 1 aliphatic heterocycles. The zero-order valence-corrected chi connectivity index (χ0v) is 13.5. The molecule has 9 heteroatoms. The van der Waals surface area contributed by atoms with Crippen molar-refractivity contribution in [2.45, 2.75) is 37.8 Å². The van der Waals surface area contributed by atoms with E-state index in [1.165, 1.54) is 23.2 Å². The van der Waals surface area contributed by atoms with E-state index < -0.39 is 5.66 Å². The van der Waals surface area contributed by atoms with Crippen LogP contribution in [0.3, 0.4) is 0 Å². The first kappa shape index (κ1) is 15.1. The predicted octanol–water partition coefficient (Wildman–Crippen LogP) is 1.79. The zero-order valence-electron chi connectivity index (χ0n) is 12.8. The molecule has 2 aliphatic rings. The van der Waals surface area contributed by atoms with E-state index in [2.05, 4.69) is 25.8 Å². The van der Waals surface area contributed by atoms with Crippen LogP contribution < -0.4 is 16.2 Å². The van der Waals surface area contributed by atoms with Crippen LogP contribution in [0.15, 0.2) is 23.4 Å². The molecular weight excluding hydrogens is 332 g/mol. The number of amides is 1. The molecule has 0 unspecified atom stereocenters. The van der Waals surface area contributed by atoms with Gasteiger partial charge in [0.15, 0.2) is 5.82 Å². The summed E-state index contributed by atoms with van der Waals surface area (Å²) >= 11 is 6.30. The van der Waals surface area contributed by atoms with Crippen molar-refractivity contribution < 1.29 is 4.79 Å². The predicted molar refractivity (Wildman–Crippen MR) is 87.3 cm³/mol. The number of carbonyl (C=O) groups excluding carboxylic acids is 1. The van der Waals surface area contributed by atoms with Crippen LogP contribution in [0.25, 0.3) is 0 Å².